The number of para-hydroxylation sites is 2. The van der Waals surface area contributed by atoms with Gasteiger partial charge in [-0.15, -0.1) is 0 Å². The van der Waals surface area contributed by atoms with Gasteiger partial charge in [-0.3, -0.25) is 0 Å². The molecule has 1 heterocycles. The average Bonchev–Trinajstić information content (AvgIpc) is 2.46. The minimum absolute atomic E-state index is 0.500. The highest BCUT2D eigenvalue weighted by Crippen LogP contribution is 2.09. The molecular weight excluding hydrogens is 184 g/mol. The fourth-order valence-corrected chi connectivity index (χ4v) is 1.08. The smallest absolute Gasteiger partial charge is 0.0955 e. The molecule has 2 rings (SSSR count). The molecule has 1 aromatic carbocycles. The number of rotatable bonds is 0. The summed E-state index contributed by atoms with van der Waals surface area (Å²) in [5, 5.41) is 0. The molecule has 0 aliphatic carbocycles. The number of imidazole rings is 1. The largest absolute Gasteiger partial charge is 0.334 e. The fraction of sp³-hybridized carbons (Fsp3) is 0.462. The first-order valence-electron chi connectivity index (χ1n) is 5.24. The van der Waals surface area contributed by atoms with Gasteiger partial charge in [0.25, 0.3) is 0 Å². The van der Waals surface area contributed by atoms with Gasteiger partial charge in [0.1, 0.15) is 0 Å². The number of aryl methyl sites for hydroxylation is 1. The Labute approximate surface area is 91.9 Å². The first kappa shape index (κ1) is 11.8. The van der Waals surface area contributed by atoms with Gasteiger partial charge >= 0.3 is 0 Å². The van der Waals surface area contributed by atoms with E-state index in [0.717, 1.165) is 5.52 Å². The molecule has 0 fully saturated rings. The third kappa shape index (κ3) is 4.15. The van der Waals surface area contributed by atoms with Crippen molar-refractivity contribution in [3.05, 3.63) is 30.6 Å². The van der Waals surface area contributed by atoms with E-state index in [4.69, 9.17) is 0 Å². The Bertz CT molecular complexity index is 415. The van der Waals surface area contributed by atoms with Gasteiger partial charge in [0, 0.05) is 7.05 Å². The van der Waals surface area contributed by atoms with Gasteiger partial charge in [-0.25, -0.2) is 4.98 Å². The van der Waals surface area contributed by atoms with E-state index in [1.54, 1.807) is 0 Å². The summed E-state index contributed by atoms with van der Waals surface area (Å²) in [6.07, 6.45) is 1.82. The third-order valence-electron chi connectivity index (χ3n) is 1.63. The Morgan fingerprint density at radius 3 is 2.13 bits per heavy atom. The van der Waals surface area contributed by atoms with E-state index < -0.39 is 0 Å². The molecule has 82 valence electrons. The molecule has 0 unspecified atom stereocenters. The van der Waals surface area contributed by atoms with Crippen molar-refractivity contribution in [2.24, 2.45) is 12.5 Å². The van der Waals surface area contributed by atoms with E-state index in [9.17, 15) is 0 Å². The van der Waals surface area contributed by atoms with Gasteiger partial charge in [-0.2, -0.15) is 0 Å². The Morgan fingerprint density at radius 1 is 1.07 bits per heavy atom. The lowest BCUT2D eigenvalue weighted by Gasteiger charge is -2.05. The predicted octanol–water partition coefficient (Wildman–Crippen LogP) is 3.63. The highest BCUT2D eigenvalue weighted by atomic mass is 15.0. The van der Waals surface area contributed by atoms with Gasteiger partial charge in [-0.1, -0.05) is 39.8 Å². The van der Waals surface area contributed by atoms with E-state index in [-0.39, 0.29) is 0 Å². The molecule has 0 spiro atoms. The Kier molecular flexibility index (Phi) is 3.51. The second kappa shape index (κ2) is 4.47. The van der Waals surface area contributed by atoms with Gasteiger partial charge < -0.3 is 4.57 Å². The van der Waals surface area contributed by atoms with Gasteiger partial charge in [-0.05, 0) is 17.5 Å². The first-order chi connectivity index (χ1) is 6.88. The number of hydrogen-bond acceptors (Lipinski definition) is 1. The number of nitrogens with zero attached hydrogens (tertiary/aromatic N) is 2. The van der Waals surface area contributed by atoms with Crippen LogP contribution in [0.4, 0.5) is 0 Å². The van der Waals surface area contributed by atoms with Crippen molar-refractivity contribution >= 4 is 11.0 Å². The number of fused-ring (bicyclic) bond motifs is 1. The van der Waals surface area contributed by atoms with Crippen LogP contribution >= 0.6 is 0 Å². The Hall–Kier alpha value is -1.31. The van der Waals surface area contributed by atoms with Crippen LogP contribution in [0.3, 0.4) is 0 Å². The summed E-state index contributed by atoms with van der Waals surface area (Å²) in [7, 11) is 2.00. The van der Waals surface area contributed by atoms with Crippen molar-refractivity contribution in [2.45, 2.75) is 27.7 Å². The maximum atomic E-state index is 4.18. The van der Waals surface area contributed by atoms with Gasteiger partial charge in [0.05, 0.1) is 17.4 Å². The minimum Gasteiger partial charge on any atom is -0.334 e. The highest BCUT2D eigenvalue weighted by molar-refractivity contribution is 5.74. The molecular formula is C13H20N2. The van der Waals surface area contributed by atoms with Crippen LogP contribution in [0.1, 0.15) is 27.7 Å². The van der Waals surface area contributed by atoms with Crippen LogP contribution in [-0.2, 0) is 7.05 Å². The maximum Gasteiger partial charge on any atom is 0.0955 e. The molecule has 0 atom stereocenters. The minimum atomic E-state index is 0.500. The lowest BCUT2D eigenvalue weighted by Crippen LogP contribution is -1.93. The van der Waals surface area contributed by atoms with E-state index in [0.29, 0.717) is 5.41 Å². The highest BCUT2D eigenvalue weighted by Gasteiger charge is 1.95. The molecule has 1 aromatic heterocycles. The van der Waals surface area contributed by atoms with Crippen LogP contribution in [0.5, 0.6) is 0 Å². The molecule has 0 radical (unpaired) electrons. The molecule has 0 saturated carbocycles. The zero-order valence-electron chi connectivity index (χ0n) is 10.3. The normalized spacial score (nSPS) is 11.0. The Morgan fingerprint density at radius 2 is 1.60 bits per heavy atom. The van der Waals surface area contributed by atoms with Gasteiger partial charge in [0.15, 0.2) is 0 Å². The van der Waals surface area contributed by atoms with Crippen molar-refractivity contribution in [1.82, 2.24) is 9.55 Å². The van der Waals surface area contributed by atoms with Crippen molar-refractivity contribution in [1.29, 1.82) is 0 Å². The van der Waals surface area contributed by atoms with E-state index in [2.05, 4.69) is 38.7 Å². The summed E-state index contributed by atoms with van der Waals surface area (Å²) < 4.78 is 2.01. The van der Waals surface area contributed by atoms with Gasteiger partial charge in [0.2, 0.25) is 0 Å². The second-order valence-electron chi connectivity index (χ2n) is 5.34. The summed E-state index contributed by atoms with van der Waals surface area (Å²) in [5.74, 6) is 0. The van der Waals surface area contributed by atoms with E-state index in [1.165, 1.54) is 5.52 Å². The SMILES string of the molecule is CC(C)(C)C.Cn1cnc2ccccc21. The molecule has 2 nitrogen and oxygen atoms in total. The summed E-state index contributed by atoms with van der Waals surface area (Å²) in [6, 6.07) is 8.08. The van der Waals surface area contributed by atoms with Crippen LogP contribution in [0.2, 0.25) is 0 Å². The monoisotopic (exact) mass is 204 g/mol. The van der Waals surface area contributed by atoms with Crippen LogP contribution < -0.4 is 0 Å². The standard InChI is InChI=1S/C8H8N2.C5H12/c1-10-6-9-7-4-2-3-5-8(7)10;1-5(2,3)4/h2-6H,1H3;1-4H3. The van der Waals surface area contributed by atoms with Crippen molar-refractivity contribution in [2.75, 3.05) is 0 Å². The fourth-order valence-electron chi connectivity index (χ4n) is 1.08. The summed E-state index contributed by atoms with van der Waals surface area (Å²) in [4.78, 5) is 4.18. The second-order valence-corrected chi connectivity index (χ2v) is 5.34. The van der Waals surface area contributed by atoms with Crippen molar-refractivity contribution < 1.29 is 0 Å². The topological polar surface area (TPSA) is 17.8 Å². The van der Waals surface area contributed by atoms with Crippen LogP contribution in [0.25, 0.3) is 11.0 Å². The molecule has 0 aliphatic rings. The zero-order valence-corrected chi connectivity index (χ0v) is 10.3. The first-order valence-corrected chi connectivity index (χ1v) is 5.24. The number of benzene rings is 1. The predicted molar refractivity (Wildman–Crippen MR) is 65.8 cm³/mol. The Balaban J connectivity index is 0.000000195. The molecule has 0 bridgehead atoms. The molecule has 0 amide bonds. The summed E-state index contributed by atoms with van der Waals surface area (Å²) >= 11 is 0. The van der Waals surface area contributed by atoms with Crippen molar-refractivity contribution in [3.63, 3.8) is 0 Å². The molecule has 2 heteroatoms. The van der Waals surface area contributed by atoms with Crippen LogP contribution in [0, 0.1) is 5.41 Å². The molecule has 0 saturated heterocycles. The van der Waals surface area contributed by atoms with E-state index in [1.807, 2.05) is 36.1 Å². The summed E-state index contributed by atoms with van der Waals surface area (Å²) in [5.41, 5.74) is 2.74. The maximum absolute atomic E-state index is 4.18. The lowest BCUT2D eigenvalue weighted by atomic mass is 10.0. The summed E-state index contributed by atoms with van der Waals surface area (Å²) in [6.45, 7) is 8.75. The van der Waals surface area contributed by atoms with E-state index >= 15 is 0 Å². The zero-order chi connectivity index (χ0) is 11.5. The molecule has 15 heavy (non-hydrogen) atoms. The quantitative estimate of drug-likeness (QED) is 0.640. The molecule has 2 aromatic rings. The molecule has 0 aliphatic heterocycles. The third-order valence-corrected chi connectivity index (χ3v) is 1.63. The lowest BCUT2D eigenvalue weighted by molar-refractivity contribution is 0.469. The van der Waals surface area contributed by atoms with Crippen LogP contribution in [0.15, 0.2) is 30.6 Å². The average molecular weight is 204 g/mol. The molecule has 0 N–H and O–H groups in total. The van der Waals surface area contributed by atoms with Crippen molar-refractivity contribution in [3.8, 4) is 0 Å². The number of aromatic nitrogens is 2. The van der Waals surface area contributed by atoms with Crippen LogP contribution in [-0.4, -0.2) is 9.55 Å². The number of hydrogen-bond donors (Lipinski definition) is 0.